The molecule has 0 aromatic carbocycles. The van der Waals surface area contributed by atoms with E-state index in [2.05, 4.69) is 6.58 Å². The molecule has 0 amide bonds. The first-order valence-corrected chi connectivity index (χ1v) is 3.60. The summed E-state index contributed by atoms with van der Waals surface area (Å²) in [7, 11) is 0. The minimum atomic E-state index is 0.919. The number of hydrogen-bond acceptors (Lipinski definition) is 1. The van der Waals surface area contributed by atoms with E-state index in [1.807, 2.05) is 32.1 Å². The van der Waals surface area contributed by atoms with E-state index in [4.69, 9.17) is 4.42 Å². The summed E-state index contributed by atoms with van der Waals surface area (Å²) in [5, 5.41) is 0. The molecule has 1 rings (SSSR count). The molecule has 0 aliphatic heterocycles. The Hall–Kier alpha value is -1.24. The minimum absolute atomic E-state index is 0.919. The standard InChI is InChI=1S/C10H12O/c1-4-5-6-10-8(2)7-9(3)11-10/h4-7H,1H2,2-3H3/b6-5-. The molecule has 1 heterocycles. The van der Waals surface area contributed by atoms with Gasteiger partial charge < -0.3 is 4.42 Å². The Morgan fingerprint density at radius 2 is 2.18 bits per heavy atom. The van der Waals surface area contributed by atoms with E-state index in [0.29, 0.717) is 0 Å². The van der Waals surface area contributed by atoms with Crippen LogP contribution >= 0.6 is 0 Å². The fourth-order valence-electron chi connectivity index (χ4n) is 0.980. The summed E-state index contributed by atoms with van der Waals surface area (Å²) in [6.45, 7) is 7.55. The van der Waals surface area contributed by atoms with E-state index >= 15 is 0 Å². The largest absolute Gasteiger partial charge is 0.462 e. The van der Waals surface area contributed by atoms with Crippen molar-refractivity contribution in [3.05, 3.63) is 41.9 Å². The van der Waals surface area contributed by atoms with E-state index in [1.165, 1.54) is 5.56 Å². The third-order valence-electron chi connectivity index (χ3n) is 1.46. The van der Waals surface area contributed by atoms with E-state index in [-0.39, 0.29) is 0 Å². The molecule has 0 aliphatic carbocycles. The van der Waals surface area contributed by atoms with E-state index in [9.17, 15) is 0 Å². The van der Waals surface area contributed by atoms with Gasteiger partial charge in [0.2, 0.25) is 0 Å². The van der Waals surface area contributed by atoms with Gasteiger partial charge in [-0.15, -0.1) is 0 Å². The van der Waals surface area contributed by atoms with Gasteiger partial charge in [0.25, 0.3) is 0 Å². The second kappa shape index (κ2) is 3.24. The number of allylic oxidation sites excluding steroid dienone is 2. The fraction of sp³-hybridized carbons (Fsp3) is 0.200. The van der Waals surface area contributed by atoms with Crippen molar-refractivity contribution in [2.24, 2.45) is 0 Å². The molecule has 1 heteroatoms. The molecule has 0 unspecified atom stereocenters. The lowest BCUT2D eigenvalue weighted by atomic mass is 10.2. The molecule has 58 valence electrons. The van der Waals surface area contributed by atoms with Crippen LogP contribution in [0.5, 0.6) is 0 Å². The molecule has 1 aromatic heterocycles. The predicted octanol–water partition coefficient (Wildman–Crippen LogP) is 3.10. The van der Waals surface area contributed by atoms with Crippen LogP contribution in [0, 0.1) is 13.8 Å². The van der Waals surface area contributed by atoms with Crippen LogP contribution < -0.4 is 0 Å². The van der Waals surface area contributed by atoms with E-state index in [1.54, 1.807) is 6.08 Å². The molecule has 0 N–H and O–H groups in total. The zero-order chi connectivity index (χ0) is 8.27. The maximum absolute atomic E-state index is 5.38. The minimum Gasteiger partial charge on any atom is -0.462 e. The molecular weight excluding hydrogens is 136 g/mol. The Balaban J connectivity index is 2.93. The second-order valence-corrected chi connectivity index (χ2v) is 2.50. The van der Waals surface area contributed by atoms with Gasteiger partial charge in [-0.3, -0.25) is 0 Å². The van der Waals surface area contributed by atoms with E-state index in [0.717, 1.165) is 11.5 Å². The first kappa shape index (κ1) is 7.86. The van der Waals surface area contributed by atoms with Crippen LogP contribution in [0.25, 0.3) is 6.08 Å². The normalized spacial score (nSPS) is 10.7. The molecule has 0 radical (unpaired) electrons. The van der Waals surface area contributed by atoms with Gasteiger partial charge >= 0.3 is 0 Å². The van der Waals surface area contributed by atoms with Crippen molar-refractivity contribution in [3.63, 3.8) is 0 Å². The van der Waals surface area contributed by atoms with Gasteiger partial charge in [-0.25, -0.2) is 0 Å². The molecular formula is C10H12O. The van der Waals surface area contributed by atoms with Gasteiger partial charge in [-0.05, 0) is 31.6 Å². The first-order chi connectivity index (χ1) is 5.24. The lowest BCUT2D eigenvalue weighted by Crippen LogP contribution is -1.67. The highest BCUT2D eigenvalue weighted by atomic mass is 16.3. The van der Waals surface area contributed by atoms with Crippen LogP contribution in [-0.4, -0.2) is 0 Å². The maximum Gasteiger partial charge on any atom is 0.129 e. The Kier molecular flexibility index (Phi) is 2.32. The third-order valence-corrected chi connectivity index (χ3v) is 1.46. The molecule has 0 aliphatic rings. The quantitative estimate of drug-likeness (QED) is 0.587. The van der Waals surface area contributed by atoms with Crippen LogP contribution in [0.15, 0.2) is 29.2 Å². The Morgan fingerprint density at radius 3 is 2.64 bits per heavy atom. The third kappa shape index (κ3) is 1.84. The Morgan fingerprint density at radius 1 is 1.45 bits per heavy atom. The Bertz CT molecular complexity index is 279. The van der Waals surface area contributed by atoms with Gasteiger partial charge in [0.1, 0.15) is 11.5 Å². The van der Waals surface area contributed by atoms with Gasteiger partial charge in [0.15, 0.2) is 0 Å². The molecule has 0 bridgehead atoms. The van der Waals surface area contributed by atoms with Crippen LogP contribution in [0.4, 0.5) is 0 Å². The van der Waals surface area contributed by atoms with Crippen molar-refractivity contribution in [1.82, 2.24) is 0 Å². The topological polar surface area (TPSA) is 13.1 Å². The zero-order valence-corrected chi connectivity index (χ0v) is 6.92. The molecule has 0 saturated heterocycles. The highest BCUT2D eigenvalue weighted by molar-refractivity contribution is 5.49. The lowest BCUT2D eigenvalue weighted by Gasteiger charge is -1.85. The summed E-state index contributed by atoms with van der Waals surface area (Å²) >= 11 is 0. The molecule has 0 spiro atoms. The molecule has 1 aromatic rings. The number of rotatable bonds is 2. The fourth-order valence-corrected chi connectivity index (χ4v) is 0.980. The van der Waals surface area contributed by atoms with Crippen LogP contribution in [0.3, 0.4) is 0 Å². The van der Waals surface area contributed by atoms with Crippen molar-refractivity contribution < 1.29 is 4.42 Å². The van der Waals surface area contributed by atoms with Gasteiger partial charge in [0, 0.05) is 0 Å². The second-order valence-electron chi connectivity index (χ2n) is 2.50. The average molecular weight is 148 g/mol. The smallest absolute Gasteiger partial charge is 0.129 e. The van der Waals surface area contributed by atoms with Crippen molar-refractivity contribution in [2.45, 2.75) is 13.8 Å². The molecule has 0 fully saturated rings. The summed E-state index contributed by atoms with van der Waals surface area (Å²) in [5.74, 6) is 1.87. The summed E-state index contributed by atoms with van der Waals surface area (Å²) < 4.78 is 5.38. The molecule has 0 atom stereocenters. The predicted molar refractivity (Wildman–Crippen MR) is 47.4 cm³/mol. The highest BCUT2D eigenvalue weighted by Crippen LogP contribution is 2.14. The molecule has 11 heavy (non-hydrogen) atoms. The van der Waals surface area contributed by atoms with Gasteiger partial charge in [-0.2, -0.15) is 0 Å². The molecule has 0 saturated carbocycles. The summed E-state index contributed by atoms with van der Waals surface area (Å²) in [6, 6.07) is 2.02. The van der Waals surface area contributed by atoms with Gasteiger partial charge in [-0.1, -0.05) is 18.7 Å². The first-order valence-electron chi connectivity index (χ1n) is 3.60. The monoisotopic (exact) mass is 148 g/mol. The SMILES string of the molecule is C=C/C=C\c1oc(C)cc1C. The van der Waals surface area contributed by atoms with Crippen LogP contribution in [0.1, 0.15) is 17.1 Å². The lowest BCUT2D eigenvalue weighted by molar-refractivity contribution is 0.523. The van der Waals surface area contributed by atoms with Crippen LogP contribution in [-0.2, 0) is 0 Å². The van der Waals surface area contributed by atoms with Crippen molar-refractivity contribution >= 4 is 6.08 Å². The average Bonchev–Trinajstić information content (AvgIpc) is 2.26. The number of aryl methyl sites for hydroxylation is 2. The van der Waals surface area contributed by atoms with Gasteiger partial charge in [0.05, 0.1) is 0 Å². The molecule has 1 nitrogen and oxygen atoms in total. The maximum atomic E-state index is 5.38. The number of hydrogen-bond donors (Lipinski definition) is 0. The van der Waals surface area contributed by atoms with E-state index < -0.39 is 0 Å². The van der Waals surface area contributed by atoms with Crippen LogP contribution in [0.2, 0.25) is 0 Å². The summed E-state index contributed by atoms with van der Waals surface area (Å²) in [5.41, 5.74) is 1.17. The van der Waals surface area contributed by atoms with Crippen molar-refractivity contribution in [3.8, 4) is 0 Å². The summed E-state index contributed by atoms with van der Waals surface area (Å²) in [4.78, 5) is 0. The van der Waals surface area contributed by atoms with Crippen molar-refractivity contribution in [2.75, 3.05) is 0 Å². The Labute approximate surface area is 67.0 Å². The van der Waals surface area contributed by atoms with Crippen molar-refractivity contribution in [1.29, 1.82) is 0 Å². The zero-order valence-electron chi connectivity index (χ0n) is 6.92. The number of furan rings is 1. The summed E-state index contributed by atoms with van der Waals surface area (Å²) in [6.07, 6.45) is 5.51. The highest BCUT2D eigenvalue weighted by Gasteiger charge is 1.98.